The second kappa shape index (κ2) is 5.37. The quantitative estimate of drug-likeness (QED) is 0.667. The van der Waals surface area contributed by atoms with Crippen LogP contribution in [0.1, 0.15) is 11.1 Å². The first-order chi connectivity index (χ1) is 10.1. The smallest absolute Gasteiger partial charge is 0.227 e. The molecule has 0 aliphatic rings. The lowest BCUT2D eigenvalue weighted by Crippen LogP contribution is -1.96. The molecule has 3 rings (SSSR count). The van der Waals surface area contributed by atoms with E-state index in [0.717, 1.165) is 37.8 Å². The molecule has 0 aliphatic heterocycles. The maximum Gasteiger partial charge on any atom is 0.227 e. The molecule has 4 heteroatoms. The first kappa shape index (κ1) is 13.9. The fourth-order valence-electron chi connectivity index (χ4n) is 2.29. The van der Waals surface area contributed by atoms with E-state index in [1.54, 1.807) is 6.20 Å². The fourth-order valence-corrected chi connectivity index (χ4v) is 2.78. The Hall–Kier alpha value is -2.07. The molecular weight excluding hydrogens is 328 g/mol. The highest BCUT2D eigenvalue weighted by molar-refractivity contribution is 9.10. The number of hydrogen-bond donors (Lipinski definition) is 1. The summed E-state index contributed by atoms with van der Waals surface area (Å²) in [6.45, 7) is 3.99. The third-order valence-electron chi connectivity index (χ3n) is 3.49. The summed E-state index contributed by atoms with van der Waals surface area (Å²) < 4.78 is 7.02. The Morgan fingerprint density at radius 2 is 1.86 bits per heavy atom. The van der Waals surface area contributed by atoms with Crippen molar-refractivity contribution in [2.45, 2.75) is 13.8 Å². The van der Waals surface area contributed by atoms with Gasteiger partial charge in [0.25, 0.3) is 0 Å². The van der Waals surface area contributed by atoms with Crippen LogP contribution in [0.5, 0.6) is 11.6 Å². The Morgan fingerprint density at radius 1 is 1.05 bits per heavy atom. The van der Waals surface area contributed by atoms with E-state index in [2.05, 4.69) is 20.9 Å². The summed E-state index contributed by atoms with van der Waals surface area (Å²) in [4.78, 5) is 4.35. The largest absolute Gasteiger partial charge is 0.438 e. The number of nitrogens with zero attached hydrogens (tertiary/aromatic N) is 1. The van der Waals surface area contributed by atoms with E-state index in [1.807, 2.05) is 50.2 Å². The van der Waals surface area contributed by atoms with E-state index in [4.69, 9.17) is 10.5 Å². The minimum absolute atomic E-state index is 0.583. The van der Waals surface area contributed by atoms with Gasteiger partial charge in [0.05, 0.1) is 0 Å². The van der Waals surface area contributed by atoms with Crippen molar-refractivity contribution < 1.29 is 4.74 Å². The zero-order valence-electron chi connectivity index (χ0n) is 11.9. The number of hydrogen-bond acceptors (Lipinski definition) is 3. The van der Waals surface area contributed by atoms with Crippen LogP contribution in [0, 0.1) is 13.8 Å². The van der Waals surface area contributed by atoms with Crippen LogP contribution in [0.25, 0.3) is 10.8 Å². The van der Waals surface area contributed by atoms with Gasteiger partial charge < -0.3 is 10.5 Å². The molecule has 0 aliphatic carbocycles. The summed E-state index contributed by atoms with van der Waals surface area (Å²) >= 11 is 3.55. The van der Waals surface area contributed by atoms with Crippen LogP contribution in [0.15, 0.2) is 47.1 Å². The number of ether oxygens (including phenoxy) is 1. The highest BCUT2D eigenvalue weighted by atomic mass is 79.9. The molecule has 0 amide bonds. The number of benzene rings is 2. The number of pyridine rings is 1. The molecule has 0 atom stereocenters. The predicted molar refractivity (Wildman–Crippen MR) is 89.8 cm³/mol. The minimum Gasteiger partial charge on any atom is -0.438 e. The molecule has 2 aromatic carbocycles. The highest BCUT2D eigenvalue weighted by Gasteiger charge is 2.10. The van der Waals surface area contributed by atoms with E-state index in [1.165, 1.54) is 0 Å². The first-order valence-corrected chi connectivity index (χ1v) is 7.43. The first-order valence-electron chi connectivity index (χ1n) is 6.64. The Kier molecular flexibility index (Phi) is 3.55. The van der Waals surface area contributed by atoms with Crippen LogP contribution < -0.4 is 10.5 Å². The molecule has 0 radical (unpaired) electrons. The van der Waals surface area contributed by atoms with Crippen molar-refractivity contribution in [2.75, 3.05) is 5.73 Å². The monoisotopic (exact) mass is 342 g/mol. The number of anilines is 1. The van der Waals surface area contributed by atoms with Crippen LogP contribution >= 0.6 is 15.9 Å². The zero-order valence-corrected chi connectivity index (χ0v) is 13.4. The molecule has 1 heterocycles. The Balaban J connectivity index is 2.11. The van der Waals surface area contributed by atoms with Crippen molar-refractivity contribution in [1.82, 2.24) is 4.98 Å². The van der Waals surface area contributed by atoms with E-state index < -0.39 is 0 Å². The molecule has 106 valence electrons. The van der Waals surface area contributed by atoms with E-state index in [9.17, 15) is 0 Å². The number of rotatable bonds is 2. The lowest BCUT2D eigenvalue weighted by Gasteiger charge is -2.12. The van der Waals surface area contributed by atoms with Crippen LogP contribution in [0.4, 0.5) is 5.69 Å². The van der Waals surface area contributed by atoms with Gasteiger partial charge in [0, 0.05) is 33.2 Å². The van der Waals surface area contributed by atoms with E-state index in [0.29, 0.717) is 5.88 Å². The summed E-state index contributed by atoms with van der Waals surface area (Å²) in [5.74, 6) is 1.32. The van der Waals surface area contributed by atoms with Gasteiger partial charge in [0.2, 0.25) is 5.88 Å². The lowest BCUT2D eigenvalue weighted by molar-refractivity contribution is 0.466. The van der Waals surface area contributed by atoms with Crippen LogP contribution in [0.3, 0.4) is 0 Å². The van der Waals surface area contributed by atoms with Gasteiger partial charge in [-0.05, 0) is 43.2 Å². The van der Waals surface area contributed by atoms with Gasteiger partial charge in [-0.3, -0.25) is 0 Å². The van der Waals surface area contributed by atoms with Gasteiger partial charge in [-0.15, -0.1) is 0 Å². The summed E-state index contributed by atoms with van der Waals surface area (Å²) in [6, 6.07) is 11.8. The van der Waals surface area contributed by atoms with Gasteiger partial charge in [-0.1, -0.05) is 28.1 Å². The van der Waals surface area contributed by atoms with E-state index in [-0.39, 0.29) is 0 Å². The van der Waals surface area contributed by atoms with E-state index >= 15 is 0 Å². The molecule has 0 saturated heterocycles. The van der Waals surface area contributed by atoms with Crippen LogP contribution in [0.2, 0.25) is 0 Å². The van der Waals surface area contributed by atoms with Gasteiger partial charge >= 0.3 is 0 Å². The SMILES string of the molecule is Cc1cc(C)c(Oc2nccc3c(Br)cccc23)cc1N. The Morgan fingerprint density at radius 3 is 2.67 bits per heavy atom. The average molecular weight is 343 g/mol. The molecule has 0 fully saturated rings. The third kappa shape index (κ3) is 2.59. The molecule has 2 N–H and O–H groups in total. The van der Waals surface area contributed by atoms with Crippen molar-refractivity contribution in [3.8, 4) is 11.6 Å². The number of nitrogens with two attached hydrogens (primary N) is 1. The van der Waals surface area contributed by atoms with Crippen molar-refractivity contribution in [3.05, 3.63) is 58.2 Å². The molecule has 21 heavy (non-hydrogen) atoms. The summed E-state index contributed by atoms with van der Waals surface area (Å²) in [5, 5.41) is 2.03. The highest BCUT2D eigenvalue weighted by Crippen LogP contribution is 2.34. The third-order valence-corrected chi connectivity index (χ3v) is 4.18. The van der Waals surface area contributed by atoms with Crippen LogP contribution in [-0.4, -0.2) is 4.98 Å². The summed E-state index contributed by atoms with van der Waals surface area (Å²) in [6.07, 6.45) is 1.75. The molecule has 0 unspecified atom stereocenters. The van der Waals surface area contributed by atoms with Crippen molar-refractivity contribution >= 4 is 32.4 Å². The van der Waals surface area contributed by atoms with Crippen molar-refractivity contribution in [2.24, 2.45) is 0 Å². The fraction of sp³-hybridized carbons (Fsp3) is 0.118. The molecule has 0 spiro atoms. The summed E-state index contributed by atoms with van der Waals surface area (Å²) in [5.41, 5.74) is 8.78. The number of halogens is 1. The Labute approximate surface area is 131 Å². The van der Waals surface area contributed by atoms with Gasteiger partial charge in [0.15, 0.2) is 0 Å². The minimum atomic E-state index is 0.583. The average Bonchev–Trinajstić information content (AvgIpc) is 2.46. The Bertz CT molecular complexity index is 830. The normalized spacial score (nSPS) is 10.8. The molecule has 3 nitrogen and oxygen atoms in total. The summed E-state index contributed by atoms with van der Waals surface area (Å²) in [7, 11) is 0. The second-order valence-corrected chi connectivity index (χ2v) is 5.88. The maximum atomic E-state index is 6.00. The van der Waals surface area contributed by atoms with Crippen LogP contribution in [-0.2, 0) is 0 Å². The topological polar surface area (TPSA) is 48.1 Å². The zero-order chi connectivity index (χ0) is 15.0. The molecular formula is C17H15BrN2O. The maximum absolute atomic E-state index is 6.00. The molecule has 3 aromatic rings. The number of nitrogen functional groups attached to an aromatic ring is 1. The molecule has 0 bridgehead atoms. The second-order valence-electron chi connectivity index (χ2n) is 5.03. The van der Waals surface area contributed by atoms with Gasteiger partial charge in [-0.2, -0.15) is 0 Å². The van der Waals surface area contributed by atoms with Crippen molar-refractivity contribution in [1.29, 1.82) is 0 Å². The number of fused-ring (bicyclic) bond motifs is 1. The van der Waals surface area contributed by atoms with Gasteiger partial charge in [-0.25, -0.2) is 4.98 Å². The predicted octanol–water partition coefficient (Wildman–Crippen LogP) is 4.99. The number of aromatic nitrogens is 1. The molecule has 0 saturated carbocycles. The van der Waals surface area contributed by atoms with Crippen molar-refractivity contribution in [3.63, 3.8) is 0 Å². The number of aryl methyl sites for hydroxylation is 2. The standard InChI is InChI=1S/C17H15BrN2O/c1-10-8-11(2)16(9-15(10)19)21-17-13-4-3-5-14(18)12(13)6-7-20-17/h3-9H,19H2,1-2H3. The lowest BCUT2D eigenvalue weighted by atomic mass is 10.1. The van der Waals surface area contributed by atoms with Gasteiger partial charge in [0.1, 0.15) is 5.75 Å². The molecule has 1 aromatic heterocycles.